The highest BCUT2D eigenvalue weighted by Gasteiger charge is 2.12. The maximum Gasteiger partial charge on any atom is 0.115 e. The Balaban J connectivity index is 0.000000215. The van der Waals surface area contributed by atoms with Gasteiger partial charge in [0.1, 0.15) is 5.75 Å². The SMILES string of the molecule is CNN(C)c1ccc(O)cc1.Cc1cc2cc3ccccc3cc2c(-c2ccc3ccccc3c2)c1C. The highest BCUT2D eigenvalue weighted by molar-refractivity contribution is 6.07. The molecular formula is C34H32N2O. The predicted octanol–water partition coefficient (Wildman–Crippen LogP) is 8.39. The van der Waals surface area contributed by atoms with E-state index in [1.54, 1.807) is 12.1 Å². The van der Waals surface area contributed by atoms with Crippen LogP contribution in [0.15, 0.2) is 109 Å². The van der Waals surface area contributed by atoms with E-state index in [4.69, 9.17) is 5.11 Å². The summed E-state index contributed by atoms with van der Waals surface area (Å²) in [5.74, 6) is 0.290. The number of phenolic OH excluding ortho intramolecular Hbond substituents is 1. The fraction of sp³-hybridized carbons (Fsp3) is 0.118. The molecule has 0 bridgehead atoms. The number of fused-ring (bicyclic) bond motifs is 3. The van der Waals surface area contributed by atoms with E-state index in [9.17, 15) is 0 Å². The summed E-state index contributed by atoms with van der Waals surface area (Å²) in [5, 5.41) is 18.7. The summed E-state index contributed by atoms with van der Waals surface area (Å²) in [7, 11) is 3.75. The van der Waals surface area contributed by atoms with E-state index in [2.05, 4.69) is 104 Å². The largest absolute Gasteiger partial charge is 0.508 e. The number of phenols is 1. The number of hydrogen-bond acceptors (Lipinski definition) is 3. The number of nitrogens with zero attached hydrogens (tertiary/aromatic N) is 1. The molecule has 0 amide bonds. The lowest BCUT2D eigenvalue weighted by molar-refractivity contribution is 0.475. The first kappa shape index (κ1) is 24.4. The fourth-order valence-electron chi connectivity index (χ4n) is 4.86. The third-order valence-corrected chi connectivity index (χ3v) is 7.14. The van der Waals surface area contributed by atoms with Gasteiger partial charge >= 0.3 is 0 Å². The molecule has 0 saturated heterocycles. The van der Waals surface area contributed by atoms with E-state index in [1.165, 1.54) is 54.6 Å². The maximum atomic E-state index is 8.97. The number of anilines is 1. The van der Waals surface area contributed by atoms with Crippen molar-refractivity contribution in [3.05, 3.63) is 120 Å². The van der Waals surface area contributed by atoms with E-state index in [0.29, 0.717) is 5.75 Å². The van der Waals surface area contributed by atoms with Gasteiger partial charge in [0.05, 0.1) is 5.69 Å². The van der Waals surface area contributed by atoms with Crippen LogP contribution in [0.25, 0.3) is 43.4 Å². The van der Waals surface area contributed by atoms with E-state index < -0.39 is 0 Å². The molecule has 37 heavy (non-hydrogen) atoms. The van der Waals surface area contributed by atoms with Crippen LogP contribution in [0.2, 0.25) is 0 Å². The van der Waals surface area contributed by atoms with Crippen molar-refractivity contribution < 1.29 is 5.11 Å². The van der Waals surface area contributed by atoms with Gasteiger partial charge in [-0.1, -0.05) is 66.7 Å². The average molecular weight is 485 g/mol. The molecule has 0 aliphatic carbocycles. The van der Waals surface area contributed by atoms with Crippen molar-refractivity contribution in [2.45, 2.75) is 13.8 Å². The van der Waals surface area contributed by atoms with Gasteiger partial charge in [-0.25, -0.2) is 5.43 Å². The molecule has 6 rings (SSSR count). The van der Waals surface area contributed by atoms with Crippen molar-refractivity contribution >= 4 is 38.0 Å². The smallest absolute Gasteiger partial charge is 0.115 e. The Morgan fingerprint density at radius 2 is 1.22 bits per heavy atom. The molecule has 184 valence electrons. The van der Waals surface area contributed by atoms with Crippen molar-refractivity contribution in [3.63, 3.8) is 0 Å². The highest BCUT2D eigenvalue weighted by atomic mass is 16.3. The van der Waals surface area contributed by atoms with Gasteiger partial charge in [0, 0.05) is 14.1 Å². The summed E-state index contributed by atoms with van der Waals surface area (Å²) in [4.78, 5) is 0. The van der Waals surface area contributed by atoms with Gasteiger partial charge in [-0.3, -0.25) is 0 Å². The summed E-state index contributed by atoms with van der Waals surface area (Å²) in [6.07, 6.45) is 0. The Bertz CT molecular complexity index is 1700. The average Bonchev–Trinajstić information content (AvgIpc) is 2.93. The molecule has 2 N–H and O–H groups in total. The topological polar surface area (TPSA) is 35.5 Å². The molecule has 0 aromatic heterocycles. The Morgan fingerprint density at radius 3 is 1.86 bits per heavy atom. The van der Waals surface area contributed by atoms with Crippen LogP contribution in [-0.4, -0.2) is 19.2 Å². The second kappa shape index (κ2) is 10.3. The molecule has 0 atom stereocenters. The summed E-state index contributed by atoms with van der Waals surface area (Å²) >= 11 is 0. The van der Waals surface area contributed by atoms with Gasteiger partial charge in [0.2, 0.25) is 0 Å². The number of hydrogen-bond donors (Lipinski definition) is 2. The minimum Gasteiger partial charge on any atom is -0.508 e. The molecule has 0 unspecified atom stereocenters. The molecule has 3 heteroatoms. The minimum atomic E-state index is 0.290. The molecule has 0 saturated carbocycles. The van der Waals surface area contributed by atoms with Crippen LogP contribution in [0.3, 0.4) is 0 Å². The van der Waals surface area contributed by atoms with Crippen LogP contribution < -0.4 is 10.4 Å². The second-order valence-corrected chi connectivity index (χ2v) is 9.47. The van der Waals surface area contributed by atoms with Crippen LogP contribution in [-0.2, 0) is 0 Å². The Hall–Kier alpha value is -4.34. The lowest BCUT2D eigenvalue weighted by atomic mass is 9.89. The zero-order chi connectivity index (χ0) is 25.9. The minimum absolute atomic E-state index is 0.290. The van der Waals surface area contributed by atoms with Gasteiger partial charge in [0.25, 0.3) is 0 Å². The Labute approximate surface area is 218 Å². The number of aromatic hydroxyl groups is 1. The summed E-state index contributed by atoms with van der Waals surface area (Å²) in [5.41, 5.74) is 9.33. The van der Waals surface area contributed by atoms with Crippen LogP contribution in [0.4, 0.5) is 5.69 Å². The van der Waals surface area contributed by atoms with Crippen molar-refractivity contribution in [3.8, 4) is 16.9 Å². The van der Waals surface area contributed by atoms with Crippen molar-refractivity contribution in [1.82, 2.24) is 5.43 Å². The monoisotopic (exact) mass is 484 g/mol. The molecule has 0 heterocycles. The van der Waals surface area contributed by atoms with E-state index in [-0.39, 0.29) is 0 Å². The van der Waals surface area contributed by atoms with E-state index in [0.717, 1.165) is 5.69 Å². The molecule has 6 aromatic rings. The summed E-state index contributed by atoms with van der Waals surface area (Å²) in [6, 6.07) is 38.0. The number of aryl methyl sites for hydroxylation is 1. The fourth-order valence-corrected chi connectivity index (χ4v) is 4.86. The van der Waals surface area contributed by atoms with E-state index >= 15 is 0 Å². The number of nitrogens with one attached hydrogen (secondary N) is 1. The molecule has 3 nitrogen and oxygen atoms in total. The van der Waals surface area contributed by atoms with E-state index in [1.807, 2.05) is 31.2 Å². The molecule has 6 aromatic carbocycles. The molecule has 0 aliphatic heterocycles. The predicted molar refractivity (Wildman–Crippen MR) is 159 cm³/mol. The molecule has 0 radical (unpaired) electrons. The number of benzene rings is 6. The zero-order valence-corrected chi connectivity index (χ0v) is 21.8. The molecule has 0 aliphatic rings. The zero-order valence-electron chi connectivity index (χ0n) is 21.8. The van der Waals surface area contributed by atoms with Crippen molar-refractivity contribution in [1.29, 1.82) is 0 Å². The Morgan fingerprint density at radius 1 is 0.622 bits per heavy atom. The van der Waals surface area contributed by atoms with Gasteiger partial charge in [0.15, 0.2) is 0 Å². The third-order valence-electron chi connectivity index (χ3n) is 7.14. The van der Waals surface area contributed by atoms with Crippen molar-refractivity contribution in [2.75, 3.05) is 19.1 Å². The van der Waals surface area contributed by atoms with Crippen LogP contribution in [0, 0.1) is 13.8 Å². The number of rotatable bonds is 3. The lowest BCUT2D eigenvalue weighted by Gasteiger charge is -2.16. The van der Waals surface area contributed by atoms with Gasteiger partial charge < -0.3 is 10.1 Å². The Kier molecular flexibility index (Phi) is 6.80. The van der Waals surface area contributed by atoms with Crippen LogP contribution >= 0.6 is 0 Å². The van der Waals surface area contributed by atoms with Gasteiger partial charge in [-0.15, -0.1) is 0 Å². The highest BCUT2D eigenvalue weighted by Crippen LogP contribution is 2.37. The number of hydrazine groups is 1. The first-order valence-electron chi connectivity index (χ1n) is 12.6. The first-order valence-corrected chi connectivity index (χ1v) is 12.6. The normalized spacial score (nSPS) is 10.9. The van der Waals surface area contributed by atoms with Gasteiger partial charge in [-0.2, -0.15) is 0 Å². The first-order chi connectivity index (χ1) is 17.9. The van der Waals surface area contributed by atoms with Crippen molar-refractivity contribution in [2.24, 2.45) is 0 Å². The quantitative estimate of drug-likeness (QED) is 0.196. The standard InChI is InChI=1S/C26H20.C8H12N2O/c1-17-13-24-15-21-9-5-6-10-22(21)16-25(24)26(18(17)2)23-12-11-19-7-3-4-8-20(19)14-23;1-9-10(2)7-3-5-8(11)6-4-7/h3-16H,1-2H3;3-6,9,11H,1-2H3. The summed E-state index contributed by atoms with van der Waals surface area (Å²) < 4.78 is 0. The van der Waals surface area contributed by atoms with Gasteiger partial charge in [-0.05, 0) is 111 Å². The lowest BCUT2D eigenvalue weighted by Crippen LogP contribution is -2.30. The second-order valence-electron chi connectivity index (χ2n) is 9.47. The molecule has 0 spiro atoms. The van der Waals surface area contributed by atoms with Crippen LogP contribution in [0.5, 0.6) is 5.75 Å². The molecular weight excluding hydrogens is 452 g/mol. The summed E-state index contributed by atoms with van der Waals surface area (Å²) in [6.45, 7) is 4.46. The maximum absolute atomic E-state index is 8.97. The third kappa shape index (κ3) is 5.00. The van der Waals surface area contributed by atoms with Crippen LogP contribution in [0.1, 0.15) is 11.1 Å². The molecule has 0 fully saturated rings.